The van der Waals surface area contributed by atoms with Gasteiger partial charge in [-0.25, -0.2) is 0 Å². The van der Waals surface area contributed by atoms with Crippen molar-refractivity contribution in [1.82, 2.24) is 5.32 Å². The summed E-state index contributed by atoms with van der Waals surface area (Å²) in [6, 6.07) is 11.1. The second-order valence-electron chi connectivity index (χ2n) is 6.49. The SMILES string of the molecule is CCOc1ccccc1C(=O)NCCCC(=O)Oc1c(C)cc(C)cc1C. The maximum absolute atomic E-state index is 12.3. The molecule has 0 spiro atoms. The highest BCUT2D eigenvalue weighted by atomic mass is 16.5. The topological polar surface area (TPSA) is 64.6 Å². The second kappa shape index (κ2) is 9.76. The van der Waals surface area contributed by atoms with Crippen LogP contribution < -0.4 is 14.8 Å². The molecule has 0 fully saturated rings. The third-order valence-corrected chi connectivity index (χ3v) is 4.10. The average molecular weight is 369 g/mol. The number of carbonyl (C=O) groups is 2. The van der Waals surface area contributed by atoms with Gasteiger partial charge in [0, 0.05) is 13.0 Å². The number of rotatable bonds is 8. The molecule has 2 aromatic rings. The maximum atomic E-state index is 12.3. The van der Waals surface area contributed by atoms with Crippen LogP contribution in [0.5, 0.6) is 11.5 Å². The molecule has 0 radical (unpaired) electrons. The molecule has 0 unspecified atom stereocenters. The lowest BCUT2D eigenvalue weighted by molar-refractivity contribution is -0.134. The summed E-state index contributed by atoms with van der Waals surface area (Å²) in [5, 5.41) is 2.82. The Kier molecular flexibility index (Phi) is 7.41. The minimum Gasteiger partial charge on any atom is -0.493 e. The Morgan fingerprint density at radius 1 is 1.04 bits per heavy atom. The minimum atomic E-state index is -0.297. The zero-order valence-electron chi connectivity index (χ0n) is 16.4. The normalized spacial score (nSPS) is 10.4. The first-order chi connectivity index (χ1) is 12.9. The Morgan fingerprint density at radius 2 is 1.70 bits per heavy atom. The lowest BCUT2D eigenvalue weighted by atomic mass is 10.1. The monoisotopic (exact) mass is 369 g/mol. The fourth-order valence-electron chi connectivity index (χ4n) is 2.96. The molecule has 0 saturated heterocycles. The van der Waals surface area contributed by atoms with E-state index in [1.54, 1.807) is 18.2 Å². The van der Waals surface area contributed by atoms with Crippen molar-refractivity contribution in [3.8, 4) is 11.5 Å². The fourth-order valence-corrected chi connectivity index (χ4v) is 2.96. The summed E-state index contributed by atoms with van der Waals surface area (Å²) >= 11 is 0. The molecule has 1 N–H and O–H groups in total. The quantitative estimate of drug-likeness (QED) is 0.432. The van der Waals surface area contributed by atoms with Crippen LogP contribution in [-0.4, -0.2) is 25.0 Å². The Labute approximate surface area is 160 Å². The number of benzene rings is 2. The van der Waals surface area contributed by atoms with Crippen molar-refractivity contribution in [3.05, 3.63) is 58.7 Å². The van der Waals surface area contributed by atoms with E-state index in [-0.39, 0.29) is 18.3 Å². The van der Waals surface area contributed by atoms with Gasteiger partial charge < -0.3 is 14.8 Å². The van der Waals surface area contributed by atoms with Crippen LogP contribution in [0.2, 0.25) is 0 Å². The van der Waals surface area contributed by atoms with Gasteiger partial charge in [-0.1, -0.05) is 29.8 Å². The number of nitrogens with one attached hydrogen (secondary N) is 1. The number of carbonyl (C=O) groups excluding carboxylic acids is 2. The van der Waals surface area contributed by atoms with Crippen molar-refractivity contribution >= 4 is 11.9 Å². The number of esters is 1. The molecule has 1 amide bonds. The first kappa shape index (κ1) is 20.5. The molecule has 5 heteroatoms. The van der Waals surface area contributed by atoms with Crippen LogP contribution in [0.3, 0.4) is 0 Å². The summed E-state index contributed by atoms with van der Waals surface area (Å²) in [6.07, 6.45) is 0.742. The van der Waals surface area contributed by atoms with Crippen molar-refractivity contribution in [3.63, 3.8) is 0 Å². The van der Waals surface area contributed by atoms with Crippen LogP contribution in [-0.2, 0) is 4.79 Å². The molecule has 0 aliphatic carbocycles. The molecule has 0 aliphatic rings. The first-order valence-electron chi connectivity index (χ1n) is 9.21. The van der Waals surface area contributed by atoms with Crippen LogP contribution in [0, 0.1) is 20.8 Å². The van der Waals surface area contributed by atoms with Gasteiger partial charge >= 0.3 is 5.97 Å². The van der Waals surface area contributed by atoms with Crippen molar-refractivity contribution in [2.45, 2.75) is 40.5 Å². The Bertz CT molecular complexity index is 791. The van der Waals surface area contributed by atoms with E-state index in [9.17, 15) is 9.59 Å². The molecule has 0 aliphatic heterocycles. The Balaban J connectivity index is 1.82. The first-order valence-corrected chi connectivity index (χ1v) is 9.21. The molecule has 0 heterocycles. The van der Waals surface area contributed by atoms with E-state index in [0.717, 1.165) is 16.7 Å². The standard InChI is InChI=1S/C22H27NO4/c1-5-26-19-10-7-6-9-18(19)22(25)23-12-8-11-20(24)27-21-16(3)13-15(2)14-17(21)4/h6-7,9-10,13-14H,5,8,11-12H2,1-4H3,(H,23,25). The number of amides is 1. The molecular formula is C22H27NO4. The van der Waals surface area contributed by atoms with Crippen molar-refractivity contribution in [2.24, 2.45) is 0 Å². The van der Waals surface area contributed by atoms with Gasteiger partial charge in [-0.2, -0.15) is 0 Å². The number of hydrogen-bond donors (Lipinski definition) is 1. The van der Waals surface area contributed by atoms with Gasteiger partial charge in [0.15, 0.2) is 0 Å². The molecular weight excluding hydrogens is 342 g/mol. The van der Waals surface area contributed by atoms with Gasteiger partial charge in [0.2, 0.25) is 0 Å². The summed E-state index contributed by atoms with van der Waals surface area (Å²) < 4.78 is 11.0. The van der Waals surface area contributed by atoms with Crippen LogP contribution >= 0.6 is 0 Å². The van der Waals surface area contributed by atoms with E-state index in [0.29, 0.717) is 36.6 Å². The molecule has 0 atom stereocenters. The van der Waals surface area contributed by atoms with Crippen molar-refractivity contribution in [2.75, 3.05) is 13.2 Å². The van der Waals surface area contributed by atoms with Crippen molar-refractivity contribution < 1.29 is 19.1 Å². The largest absolute Gasteiger partial charge is 0.493 e. The highest BCUT2D eigenvalue weighted by Crippen LogP contribution is 2.25. The predicted octanol–water partition coefficient (Wildman–Crippen LogP) is 4.13. The predicted molar refractivity (Wildman–Crippen MR) is 105 cm³/mol. The van der Waals surface area contributed by atoms with Crippen LogP contribution in [0.25, 0.3) is 0 Å². The molecule has 144 valence electrons. The van der Waals surface area contributed by atoms with E-state index >= 15 is 0 Å². The van der Waals surface area contributed by atoms with E-state index in [2.05, 4.69) is 5.32 Å². The van der Waals surface area contributed by atoms with E-state index < -0.39 is 0 Å². The lowest BCUT2D eigenvalue weighted by Gasteiger charge is -2.12. The highest BCUT2D eigenvalue weighted by Gasteiger charge is 2.13. The van der Waals surface area contributed by atoms with Gasteiger partial charge in [-0.3, -0.25) is 9.59 Å². The molecule has 2 rings (SSSR count). The van der Waals surface area contributed by atoms with Gasteiger partial charge in [-0.05, 0) is 57.4 Å². The molecule has 2 aromatic carbocycles. The average Bonchev–Trinajstić information content (AvgIpc) is 2.62. The van der Waals surface area contributed by atoms with Crippen molar-refractivity contribution in [1.29, 1.82) is 0 Å². The van der Waals surface area contributed by atoms with Gasteiger partial charge in [0.1, 0.15) is 11.5 Å². The number of hydrogen-bond acceptors (Lipinski definition) is 4. The van der Waals surface area contributed by atoms with Gasteiger partial charge in [-0.15, -0.1) is 0 Å². The van der Waals surface area contributed by atoms with Crippen LogP contribution in [0.4, 0.5) is 0 Å². The smallest absolute Gasteiger partial charge is 0.311 e. The summed E-state index contributed by atoms with van der Waals surface area (Å²) in [7, 11) is 0. The van der Waals surface area contributed by atoms with Gasteiger partial charge in [0.05, 0.1) is 12.2 Å². The summed E-state index contributed by atoms with van der Waals surface area (Å²) in [6.45, 7) is 8.63. The number of ether oxygens (including phenoxy) is 2. The van der Waals surface area contributed by atoms with Gasteiger partial charge in [0.25, 0.3) is 5.91 Å². The summed E-state index contributed by atoms with van der Waals surface area (Å²) in [4.78, 5) is 24.4. The molecule has 0 aromatic heterocycles. The third-order valence-electron chi connectivity index (χ3n) is 4.10. The molecule has 5 nitrogen and oxygen atoms in total. The van der Waals surface area contributed by atoms with E-state index in [1.165, 1.54) is 0 Å². The number of aryl methyl sites for hydroxylation is 3. The maximum Gasteiger partial charge on any atom is 0.311 e. The molecule has 27 heavy (non-hydrogen) atoms. The zero-order chi connectivity index (χ0) is 19.8. The summed E-state index contributed by atoms with van der Waals surface area (Å²) in [5.41, 5.74) is 3.52. The number of para-hydroxylation sites is 1. The van der Waals surface area contributed by atoms with E-state index in [4.69, 9.17) is 9.47 Å². The fraction of sp³-hybridized carbons (Fsp3) is 0.364. The minimum absolute atomic E-state index is 0.211. The molecule has 0 saturated carbocycles. The third kappa shape index (κ3) is 5.84. The van der Waals surface area contributed by atoms with Crippen LogP contribution in [0.1, 0.15) is 46.8 Å². The Morgan fingerprint density at radius 3 is 2.37 bits per heavy atom. The van der Waals surface area contributed by atoms with E-state index in [1.807, 2.05) is 45.9 Å². The van der Waals surface area contributed by atoms with Crippen LogP contribution in [0.15, 0.2) is 36.4 Å². The second-order valence-corrected chi connectivity index (χ2v) is 6.49. The molecule has 0 bridgehead atoms. The Hall–Kier alpha value is -2.82. The zero-order valence-corrected chi connectivity index (χ0v) is 16.4. The highest BCUT2D eigenvalue weighted by molar-refractivity contribution is 5.96. The lowest BCUT2D eigenvalue weighted by Crippen LogP contribution is -2.25. The summed E-state index contributed by atoms with van der Waals surface area (Å²) in [5.74, 6) is 0.675.